The zero-order chi connectivity index (χ0) is 12.1. The van der Waals surface area contributed by atoms with Crippen LogP contribution in [0.5, 0.6) is 0 Å². The molecule has 1 N–H and O–H groups in total. The molecule has 2 nitrogen and oxygen atoms in total. The SMILES string of the molecule is CCCC1CN=C(NCc2ccc(Cl)cc2)S1. The Kier molecular flexibility index (Phi) is 4.75. The average molecular weight is 269 g/mol. The zero-order valence-corrected chi connectivity index (χ0v) is 11.5. The van der Waals surface area contributed by atoms with Crippen molar-refractivity contribution in [1.29, 1.82) is 0 Å². The molecule has 0 saturated heterocycles. The van der Waals surface area contributed by atoms with Crippen LogP contribution >= 0.6 is 23.4 Å². The highest BCUT2D eigenvalue weighted by molar-refractivity contribution is 8.14. The van der Waals surface area contributed by atoms with Gasteiger partial charge in [-0.25, -0.2) is 0 Å². The molecule has 0 amide bonds. The van der Waals surface area contributed by atoms with Gasteiger partial charge in [0.2, 0.25) is 0 Å². The lowest BCUT2D eigenvalue weighted by Crippen LogP contribution is -2.18. The van der Waals surface area contributed by atoms with Crippen LogP contribution < -0.4 is 5.32 Å². The molecule has 0 fully saturated rings. The van der Waals surface area contributed by atoms with Crippen LogP contribution in [-0.4, -0.2) is 17.0 Å². The van der Waals surface area contributed by atoms with E-state index < -0.39 is 0 Å². The molecule has 2 rings (SSSR count). The molecule has 0 bridgehead atoms. The first-order valence-corrected chi connectivity index (χ1v) is 7.23. The highest BCUT2D eigenvalue weighted by Crippen LogP contribution is 2.23. The number of halogens is 1. The van der Waals surface area contributed by atoms with Gasteiger partial charge >= 0.3 is 0 Å². The first-order valence-electron chi connectivity index (χ1n) is 5.97. The van der Waals surface area contributed by atoms with Crippen LogP contribution in [0.2, 0.25) is 5.02 Å². The van der Waals surface area contributed by atoms with Crippen molar-refractivity contribution in [2.24, 2.45) is 4.99 Å². The van der Waals surface area contributed by atoms with Crippen molar-refractivity contribution in [1.82, 2.24) is 5.32 Å². The zero-order valence-electron chi connectivity index (χ0n) is 9.95. The third kappa shape index (κ3) is 3.93. The summed E-state index contributed by atoms with van der Waals surface area (Å²) < 4.78 is 0. The quantitative estimate of drug-likeness (QED) is 0.900. The molecule has 0 spiro atoms. The molecule has 0 aliphatic carbocycles. The van der Waals surface area contributed by atoms with Gasteiger partial charge in [0.15, 0.2) is 5.17 Å². The van der Waals surface area contributed by atoms with Crippen LogP contribution in [0.25, 0.3) is 0 Å². The van der Waals surface area contributed by atoms with Gasteiger partial charge in [-0.1, -0.05) is 48.8 Å². The molecular weight excluding hydrogens is 252 g/mol. The smallest absolute Gasteiger partial charge is 0.157 e. The number of hydrogen-bond donors (Lipinski definition) is 1. The average Bonchev–Trinajstić information content (AvgIpc) is 2.77. The van der Waals surface area contributed by atoms with Gasteiger partial charge in [-0.15, -0.1) is 0 Å². The van der Waals surface area contributed by atoms with Gasteiger partial charge in [0.1, 0.15) is 0 Å². The summed E-state index contributed by atoms with van der Waals surface area (Å²) in [5.74, 6) is 0. The van der Waals surface area contributed by atoms with Gasteiger partial charge in [-0.2, -0.15) is 0 Å². The fourth-order valence-electron chi connectivity index (χ4n) is 1.77. The summed E-state index contributed by atoms with van der Waals surface area (Å²) in [5.41, 5.74) is 1.23. The lowest BCUT2D eigenvalue weighted by Gasteiger charge is -2.08. The minimum Gasteiger partial charge on any atom is -0.361 e. The molecular formula is C13H17ClN2S. The Morgan fingerprint density at radius 3 is 2.88 bits per heavy atom. The topological polar surface area (TPSA) is 24.4 Å². The van der Waals surface area contributed by atoms with Crippen LogP contribution in [0, 0.1) is 0 Å². The van der Waals surface area contributed by atoms with Gasteiger partial charge in [-0.3, -0.25) is 4.99 Å². The lowest BCUT2D eigenvalue weighted by atomic mass is 10.2. The summed E-state index contributed by atoms with van der Waals surface area (Å²) in [7, 11) is 0. The van der Waals surface area contributed by atoms with E-state index in [1.165, 1.54) is 18.4 Å². The molecule has 0 saturated carbocycles. The normalized spacial score (nSPS) is 19.2. The van der Waals surface area contributed by atoms with E-state index in [4.69, 9.17) is 11.6 Å². The molecule has 1 aliphatic heterocycles. The van der Waals surface area contributed by atoms with Crippen molar-refractivity contribution in [2.45, 2.75) is 31.6 Å². The maximum absolute atomic E-state index is 5.84. The molecule has 1 heterocycles. The first kappa shape index (κ1) is 12.8. The molecule has 4 heteroatoms. The Bertz CT molecular complexity index is 389. The Balaban J connectivity index is 1.78. The van der Waals surface area contributed by atoms with E-state index in [9.17, 15) is 0 Å². The predicted molar refractivity (Wildman–Crippen MR) is 76.9 cm³/mol. The Hall–Kier alpha value is -0.670. The van der Waals surface area contributed by atoms with Crippen molar-refractivity contribution in [3.63, 3.8) is 0 Å². The van der Waals surface area contributed by atoms with Gasteiger partial charge < -0.3 is 5.32 Å². The lowest BCUT2D eigenvalue weighted by molar-refractivity contribution is 0.753. The highest BCUT2D eigenvalue weighted by atomic mass is 35.5. The number of nitrogens with zero attached hydrogens (tertiary/aromatic N) is 1. The van der Waals surface area contributed by atoms with Gasteiger partial charge in [0, 0.05) is 16.8 Å². The summed E-state index contributed by atoms with van der Waals surface area (Å²) in [5, 5.41) is 5.91. The Morgan fingerprint density at radius 2 is 2.18 bits per heavy atom. The molecule has 1 aromatic carbocycles. The minimum absolute atomic E-state index is 0.674. The standard InChI is InChI=1S/C13H17ClN2S/c1-2-3-12-9-16-13(17-12)15-8-10-4-6-11(14)7-5-10/h4-7,12H,2-3,8-9H2,1H3,(H,15,16). The predicted octanol–water partition coefficient (Wildman–Crippen LogP) is 3.70. The van der Waals surface area contributed by atoms with E-state index in [0.717, 1.165) is 23.3 Å². The first-order chi connectivity index (χ1) is 8.28. The summed E-state index contributed by atoms with van der Waals surface area (Å²) in [6.45, 7) is 4.00. The van der Waals surface area contributed by atoms with Crippen LogP contribution in [-0.2, 0) is 6.54 Å². The maximum atomic E-state index is 5.84. The minimum atomic E-state index is 0.674. The van der Waals surface area contributed by atoms with Crippen molar-refractivity contribution in [3.8, 4) is 0 Å². The largest absolute Gasteiger partial charge is 0.361 e. The second kappa shape index (κ2) is 6.31. The Labute approximate surface area is 112 Å². The molecule has 1 unspecified atom stereocenters. The monoisotopic (exact) mass is 268 g/mol. The van der Waals surface area contributed by atoms with Crippen LogP contribution in [0.1, 0.15) is 25.3 Å². The van der Waals surface area contributed by atoms with E-state index >= 15 is 0 Å². The van der Waals surface area contributed by atoms with Crippen LogP contribution in [0.3, 0.4) is 0 Å². The summed E-state index contributed by atoms with van der Waals surface area (Å²) in [6.07, 6.45) is 2.48. The van der Waals surface area contributed by atoms with Gasteiger partial charge in [0.25, 0.3) is 0 Å². The number of nitrogens with one attached hydrogen (secondary N) is 1. The van der Waals surface area contributed by atoms with Crippen molar-refractivity contribution < 1.29 is 0 Å². The van der Waals surface area contributed by atoms with Crippen LogP contribution in [0.4, 0.5) is 0 Å². The van der Waals surface area contributed by atoms with Crippen molar-refractivity contribution in [2.75, 3.05) is 6.54 Å². The second-order valence-electron chi connectivity index (χ2n) is 4.15. The van der Waals surface area contributed by atoms with Gasteiger partial charge in [0.05, 0.1) is 6.54 Å². The molecule has 0 radical (unpaired) electrons. The fourth-order valence-corrected chi connectivity index (χ4v) is 3.02. The number of benzene rings is 1. The maximum Gasteiger partial charge on any atom is 0.157 e. The highest BCUT2D eigenvalue weighted by Gasteiger charge is 2.17. The molecule has 92 valence electrons. The summed E-state index contributed by atoms with van der Waals surface area (Å²) >= 11 is 7.72. The molecule has 17 heavy (non-hydrogen) atoms. The van der Waals surface area contributed by atoms with E-state index in [0.29, 0.717) is 5.25 Å². The molecule has 1 aromatic rings. The van der Waals surface area contributed by atoms with E-state index in [-0.39, 0.29) is 0 Å². The second-order valence-corrected chi connectivity index (χ2v) is 5.88. The van der Waals surface area contributed by atoms with Gasteiger partial charge in [-0.05, 0) is 24.1 Å². The third-order valence-corrected chi connectivity index (χ3v) is 4.15. The van der Waals surface area contributed by atoms with Crippen molar-refractivity contribution in [3.05, 3.63) is 34.9 Å². The Morgan fingerprint density at radius 1 is 1.41 bits per heavy atom. The number of aliphatic imine (C=N–C) groups is 1. The number of amidine groups is 1. The number of rotatable bonds is 4. The van der Waals surface area contributed by atoms with Crippen LogP contribution in [0.15, 0.2) is 29.3 Å². The van der Waals surface area contributed by atoms with E-state index in [1.54, 1.807) is 0 Å². The molecule has 1 atom stereocenters. The van der Waals surface area contributed by atoms with E-state index in [1.807, 2.05) is 36.0 Å². The fraction of sp³-hybridized carbons (Fsp3) is 0.462. The van der Waals surface area contributed by atoms with Crippen molar-refractivity contribution >= 4 is 28.5 Å². The molecule has 0 aromatic heterocycles. The summed E-state index contributed by atoms with van der Waals surface area (Å²) in [6, 6.07) is 7.92. The molecule has 1 aliphatic rings. The number of hydrogen-bond acceptors (Lipinski definition) is 3. The third-order valence-electron chi connectivity index (χ3n) is 2.68. The summed E-state index contributed by atoms with van der Waals surface area (Å²) in [4.78, 5) is 4.51. The van der Waals surface area contributed by atoms with E-state index in [2.05, 4.69) is 17.2 Å². The number of thioether (sulfide) groups is 1.